The molecule has 0 aromatic heterocycles. The maximum Gasteiger partial charge on any atom is 0.305 e. The van der Waals surface area contributed by atoms with Crippen LogP contribution in [0.25, 0.3) is 0 Å². The lowest BCUT2D eigenvalue weighted by molar-refractivity contribution is -0.139. The van der Waals surface area contributed by atoms with Crippen LogP contribution in [0.5, 0.6) is 0 Å². The van der Waals surface area contributed by atoms with Crippen molar-refractivity contribution in [1.82, 2.24) is 4.90 Å². The first-order chi connectivity index (χ1) is 7.65. The molecule has 0 heterocycles. The van der Waals surface area contributed by atoms with Crippen LogP contribution in [0, 0.1) is 0 Å². The molecule has 4 nitrogen and oxygen atoms in total. The van der Waals surface area contributed by atoms with Crippen molar-refractivity contribution in [2.24, 2.45) is 0 Å². The molecule has 0 aromatic rings. The van der Waals surface area contributed by atoms with Gasteiger partial charge in [-0.2, -0.15) is 0 Å². The van der Waals surface area contributed by atoms with E-state index in [4.69, 9.17) is 5.11 Å². The SMILES string of the molecule is CCC(=O)N(CCC(=O)O)C1CCCCC1. The standard InChI is InChI=1S/C12H21NO3/c1-2-11(14)13(9-8-12(15)16)10-6-4-3-5-7-10/h10H,2-9H2,1H3,(H,15,16). The van der Waals surface area contributed by atoms with Crippen LogP contribution in [0.2, 0.25) is 0 Å². The van der Waals surface area contributed by atoms with Crippen molar-refractivity contribution in [3.8, 4) is 0 Å². The Labute approximate surface area is 96.6 Å². The van der Waals surface area contributed by atoms with E-state index in [0.29, 0.717) is 13.0 Å². The van der Waals surface area contributed by atoms with Crippen molar-refractivity contribution in [1.29, 1.82) is 0 Å². The number of amides is 1. The summed E-state index contributed by atoms with van der Waals surface area (Å²) in [6.07, 6.45) is 6.15. The summed E-state index contributed by atoms with van der Waals surface area (Å²) < 4.78 is 0. The van der Waals surface area contributed by atoms with Crippen molar-refractivity contribution in [3.63, 3.8) is 0 Å². The highest BCUT2D eigenvalue weighted by molar-refractivity contribution is 5.77. The maximum absolute atomic E-state index is 11.8. The molecule has 0 atom stereocenters. The van der Waals surface area contributed by atoms with Crippen LogP contribution >= 0.6 is 0 Å². The minimum absolute atomic E-state index is 0.0578. The van der Waals surface area contributed by atoms with Crippen LogP contribution in [0.15, 0.2) is 0 Å². The number of aliphatic carboxylic acids is 1. The van der Waals surface area contributed by atoms with E-state index in [0.717, 1.165) is 25.7 Å². The number of carbonyl (C=O) groups is 2. The predicted molar refractivity (Wildman–Crippen MR) is 61.1 cm³/mol. The molecular weight excluding hydrogens is 206 g/mol. The fourth-order valence-electron chi connectivity index (χ4n) is 2.32. The summed E-state index contributed by atoms with van der Waals surface area (Å²) in [4.78, 5) is 24.1. The van der Waals surface area contributed by atoms with Gasteiger partial charge in [0, 0.05) is 19.0 Å². The van der Waals surface area contributed by atoms with Crippen molar-refractivity contribution in [2.75, 3.05) is 6.54 Å². The van der Waals surface area contributed by atoms with Crippen LogP contribution in [-0.4, -0.2) is 34.5 Å². The summed E-state index contributed by atoms with van der Waals surface area (Å²) in [6.45, 7) is 2.20. The molecule has 1 N–H and O–H groups in total. The van der Waals surface area contributed by atoms with Crippen LogP contribution in [-0.2, 0) is 9.59 Å². The van der Waals surface area contributed by atoms with Crippen LogP contribution in [0.1, 0.15) is 51.9 Å². The molecule has 1 aliphatic carbocycles. The zero-order valence-corrected chi connectivity index (χ0v) is 9.95. The number of hydrogen-bond donors (Lipinski definition) is 1. The largest absolute Gasteiger partial charge is 0.481 e. The lowest BCUT2D eigenvalue weighted by Crippen LogP contribution is -2.42. The minimum Gasteiger partial charge on any atom is -0.481 e. The van der Waals surface area contributed by atoms with Crippen LogP contribution in [0.3, 0.4) is 0 Å². The Morgan fingerprint density at radius 3 is 2.38 bits per heavy atom. The highest BCUT2D eigenvalue weighted by Gasteiger charge is 2.24. The molecule has 0 aromatic carbocycles. The van der Waals surface area contributed by atoms with Crippen molar-refractivity contribution >= 4 is 11.9 Å². The topological polar surface area (TPSA) is 57.6 Å². The molecule has 0 aliphatic heterocycles. The average molecular weight is 227 g/mol. The molecule has 1 amide bonds. The first kappa shape index (κ1) is 13.0. The van der Waals surface area contributed by atoms with Gasteiger partial charge in [0.05, 0.1) is 6.42 Å². The Morgan fingerprint density at radius 1 is 1.25 bits per heavy atom. The van der Waals surface area contributed by atoms with E-state index in [1.807, 2.05) is 6.92 Å². The number of hydrogen-bond acceptors (Lipinski definition) is 2. The molecule has 92 valence electrons. The predicted octanol–water partition coefficient (Wildman–Crippen LogP) is 2.03. The molecule has 0 bridgehead atoms. The number of rotatable bonds is 5. The second kappa shape index (κ2) is 6.51. The summed E-state index contributed by atoms with van der Waals surface area (Å²) in [5.74, 6) is -0.738. The minimum atomic E-state index is -0.829. The van der Waals surface area contributed by atoms with Gasteiger partial charge in [-0.25, -0.2) is 0 Å². The summed E-state index contributed by atoms with van der Waals surface area (Å²) in [5.41, 5.74) is 0. The van der Waals surface area contributed by atoms with E-state index in [2.05, 4.69) is 0 Å². The number of carbonyl (C=O) groups excluding carboxylic acids is 1. The Balaban J connectivity index is 2.54. The Bertz CT molecular complexity index is 247. The molecule has 1 aliphatic rings. The number of carboxylic acids is 1. The third-order valence-corrected chi connectivity index (χ3v) is 3.20. The Morgan fingerprint density at radius 2 is 1.88 bits per heavy atom. The van der Waals surface area contributed by atoms with Gasteiger partial charge in [0.15, 0.2) is 0 Å². The van der Waals surface area contributed by atoms with Gasteiger partial charge in [-0.1, -0.05) is 26.2 Å². The van der Waals surface area contributed by atoms with Gasteiger partial charge >= 0.3 is 5.97 Å². The van der Waals surface area contributed by atoms with Gasteiger partial charge in [-0.05, 0) is 12.8 Å². The zero-order valence-electron chi connectivity index (χ0n) is 9.95. The monoisotopic (exact) mass is 227 g/mol. The van der Waals surface area contributed by atoms with Gasteiger partial charge in [-0.15, -0.1) is 0 Å². The third-order valence-electron chi connectivity index (χ3n) is 3.20. The molecule has 0 unspecified atom stereocenters. The molecule has 1 saturated carbocycles. The molecule has 0 radical (unpaired) electrons. The first-order valence-corrected chi connectivity index (χ1v) is 6.16. The second-order valence-electron chi connectivity index (χ2n) is 4.38. The summed E-state index contributed by atoms with van der Waals surface area (Å²) in [5, 5.41) is 8.68. The maximum atomic E-state index is 11.8. The van der Waals surface area contributed by atoms with Gasteiger partial charge < -0.3 is 10.0 Å². The molecule has 1 rings (SSSR count). The smallest absolute Gasteiger partial charge is 0.305 e. The van der Waals surface area contributed by atoms with E-state index >= 15 is 0 Å². The van der Waals surface area contributed by atoms with Crippen molar-refractivity contribution in [2.45, 2.75) is 57.9 Å². The van der Waals surface area contributed by atoms with Crippen molar-refractivity contribution < 1.29 is 14.7 Å². The average Bonchev–Trinajstić information content (AvgIpc) is 2.30. The van der Waals surface area contributed by atoms with E-state index in [1.54, 1.807) is 4.90 Å². The quantitative estimate of drug-likeness (QED) is 0.781. The Kier molecular flexibility index (Phi) is 5.29. The third kappa shape index (κ3) is 3.83. The molecular formula is C12H21NO3. The molecule has 0 spiro atoms. The first-order valence-electron chi connectivity index (χ1n) is 6.16. The lowest BCUT2D eigenvalue weighted by atomic mass is 9.94. The van der Waals surface area contributed by atoms with Gasteiger partial charge in [0.1, 0.15) is 0 Å². The van der Waals surface area contributed by atoms with E-state index in [9.17, 15) is 9.59 Å². The Hall–Kier alpha value is -1.06. The van der Waals surface area contributed by atoms with E-state index < -0.39 is 5.97 Å². The van der Waals surface area contributed by atoms with Crippen LogP contribution < -0.4 is 0 Å². The summed E-state index contributed by atoms with van der Waals surface area (Å²) in [6, 6.07) is 0.278. The lowest BCUT2D eigenvalue weighted by Gasteiger charge is -2.34. The molecule has 4 heteroatoms. The highest BCUT2D eigenvalue weighted by Crippen LogP contribution is 2.23. The molecule has 0 saturated heterocycles. The number of carboxylic acid groups (broad SMARTS) is 1. The van der Waals surface area contributed by atoms with Gasteiger partial charge in [0.2, 0.25) is 5.91 Å². The molecule has 16 heavy (non-hydrogen) atoms. The fraction of sp³-hybridized carbons (Fsp3) is 0.833. The fourth-order valence-corrected chi connectivity index (χ4v) is 2.32. The zero-order chi connectivity index (χ0) is 12.0. The van der Waals surface area contributed by atoms with Crippen molar-refractivity contribution in [3.05, 3.63) is 0 Å². The second-order valence-corrected chi connectivity index (χ2v) is 4.38. The van der Waals surface area contributed by atoms with Gasteiger partial charge in [-0.3, -0.25) is 9.59 Å². The summed E-state index contributed by atoms with van der Waals surface area (Å²) in [7, 11) is 0. The van der Waals surface area contributed by atoms with Crippen LogP contribution in [0.4, 0.5) is 0 Å². The van der Waals surface area contributed by atoms with E-state index in [1.165, 1.54) is 6.42 Å². The molecule has 1 fully saturated rings. The summed E-state index contributed by atoms with van der Waals surface area (Å²) >= 11 is 0. The normalized spacial score (nSPS) is 17.1. The highest BCUT2D eigenvalue weighted by atomic mass is 16.4. The van der Waals surface area contributed by atoms with Gasteiger partial charge in [0.25, 0.3) is 0 Å². The van der Waals surface area contributed by atoms with E-state index in [-0.39, 0.29) is 18.4 Å². The number of nitrogens with zero attached hydrogens (tertiary/aromatic N) is 1.